The van der Waals surface area contributed by atoms with Gasteiger partial charge in [-0.3, -0.25) is 9.59 Å². The predicted molar refractivity (Wildman–Crippen MR) is 89.4 cm³/mol. The van der Waals surface area contributed by atoms with E-state index < -0.39 is 0 Å². The van der Waals surface area contributed by atoms with Crippen molar-refractivity contribution in [1.82, 2.24) is 10.2 Å². The fourth-order valence-corrected chi connectivity index (χ4v) is 2.50. The molecule has 0 aliphatic carbocycles. The van der Waals surface area contributed by atoms with Crippen LogP contribution >= 0.6 is 0 Å². The van der Waals surface area contributed by atoms with Crippen molar-refractivity contribution in [2.75, 3.05) is 19.6 Å². The van der Waals surface area contributed by atoms with E-state index in [2.05, 4.69) is 5.32 Å². The summed E-state index contributed by atoms with van der Waals surface area (Å²) in [5.74, 6) is -0.261. The predicted octanol–water partition coefficient (Wildman–Crippen LogP) is 2.77. The Balaban J connectivity index is 2.45. The zero-order chi connectivity index (χ0) is 17.2. The summed E-state index contributed by atoms with van der Waals surface area (Å²) in [6.45, 7) is 6.77. The molecule has 0 saturated carbocycles. The van der Waals surface area contributed by atoms with E-state index in [4.69, 9.17) is 0 Å². The average Bonchev–Trinajstić information content (AvgIpc) is 2.53. The molecule has 0 aromatic heterocycles. The molecule has 0 aliphatic heterocycles. The molecule has 1 aromatic carbocycles. The summed E-state index contributed by atoms with van der Waals surface area (Å²) in [6, 6.07) is 6.58. The monoisotopic (exact) mass is 322 g/mol. The van der Waals surface area contributed by atoms with Crippen LogP contribution in [-0.2, 0) is 16.0 Å². The quantitative estimate of drug-likeness (QED) is 0.760. The zero-order valence-corrected chi connectivity index (χ0v) is 14.3. The number of halogens is 1. The van der Waals surface area contributed by atoms with Gasteiger partial charge in [-0.15, -0.1) is 0 Å². The van der Waals surface area contributed by atoms with Gasteiger partial charge in [-0.05, 0) is 30.9 Å². The summed E-state index contributed by atoms with van der Waals surface area (Å²) < 4.78 is 13.6. The number of carbonyl (C=O) groups excluding carboxylic acids is 2. The first-order valence-electron chi connectivity index (χ1n) is 8.26. The number of nitrogens with one attached hydrogen (secondary N) is 1. The van der Waals surface area contributed by atoms with Crippen molar-refractivity contribution < 1.29 is 14.0 Å². The second-order valence-corrected chi connectivity index (χ2v) is 5.65. The molecule has 0 spiro atoms. The van der Waals surface area contributed by atoms with Gasteiger partial charge in [0.1, 0.15) is 5.82 Å². The lowest BCUT2D eigenvalue weighted by Crippen LogP contribution is -2.40. The van der Waals surface area contributed by atoms with Gasteiger partial charge in [0.2, 0.25) is 11.8 Å². The number of benzene rings is 1. The fourth-order valence-electron chi connectivity index (χ4n) is 2.50. The van der Waals surface area contributed by atoms with Crippen molar-refractivity contribution in [3.8, 4) is 0 Å². The molecule has 4 nitrogen and oxygen atoms in total. The first-order valence-corrected chi connectivity index (χ1v) is 8.26. The van der Waals surface area contributed by atoms with Crippen LogP contribution in [0.1, 0.15) is 39.2 Å². The summed E-state index contributed by atoms with van der Waals surface area (Å²) in [5.41, 5.74) is 0.597. The van der Waals surface area contributed by atoms with Crippen LogP contribution in [0.5, 0.6) is 0 Å². The molecule has 0 atom stereocenters. The van der Waals surface area contributed by atoms with Crippen molar-refractivity contribution >= 4 is 11.8 Å². The molecule has 1 N–H and O–H groups in total. The topological polar surface area (TPSA) is 49.4 Å². The first kappa shape index (κ1) is 19.1. The van der Waals surface area contributed by atoms with Crippen LogP contribution in [0.2, 0.25) is 0 Å². The molecule has 1 rings (SSSR count). The van der Waals surface area contributed by atoms with Crippen LogP contribution in [0.4, 0.5) is 4.39 Å². The average molecular weight is 322 g/mol. The van der Waals surface area contributed by atoms with Gasteiger partial charge in [-0.2, -0.15) is 0 Å². The molecule has 2 amide bonds. The Morgan fingerprint density at radius 2 is 1.83 bits per heavy atom. The number of amides is 2. The summed E-state index contributed by atoms with van der Waals surface area (Å²) in [5, 5.41) is 2.87. The van der Waals surface area contributed by atoms with E-state index in [-0.39, 0.29) is 23.5 Å². The van der Waals surface area contributed by atoms with Crippen molar-refractivity contribution in [2.24, 2.45) is 5.92 Å². The van der Waals surface area contributed by atoms with Crippen LogP contribution in [-0.4, -0.2) is 36.3 Å². The Labute approximate surface area is 138 Å². The van der Waals surface area contributed by atoms with E-state index in [1.165, 1.54) is 13.0 Å². The Hall–Kier alpha value is -1.91. The molecule has 5 heteroatoms. The minimum Gasteiger partial charge on any atom is -0.354 e. The SMILES string of the molecule is CCC(CC)C(=O)NCCN(CCc1ccccc1F)C(C)=O. The summed E-state index contributed by atoms with van der Waals surface area (Å²) in [4.78, 5) is 25.2. The maximum atomic E-state index is 13.6. The normalized spacial score (nSPS) is 10.7. The Morgan fingerprint density at radius 1 is 1.17 bits per heavy atom. The third-order valence-electron chi connectivity index (χ3n) is 4.09. The molecule has 0 aliphatic rings. The number of rotatable bonds is 9. The molecule has 23 heavy (non-hydrogen) atoms. The van der Waals surface area contributed by atoms with Gasteiger partial charge in [0.25, 0.3) is 0 Å². The molecular weight excluding hydrogens is 295 g/mol. The van der Waals surface area contributed by atoms with Gasteiger partial charge in [-0.1, -0.05) is 32.0 Å². The third-order valence-corrected chi connectivity index (χ3v) is 4.09. The smallest absolute Gasteiger partial charge is 0.223 e. The van der Waals surface area contributed by atoms with E-state index in [9.17, 15) is 14.0 Å². The number of hydrogen-bond acceptors (Lipinski definition) is 2. The minimum atomic E-state index is -0.252. The van der Waals surface area contributed by atoms with Crippen LogP contribution in [0, 0.1) is 11.7 Å². The van der Waals surface area contributed by atoms with Gasteiger partial charge in [0.15, 0.2) is 0 Å². The molecule has 128 valence electrons. The van der Waals surface area contributed by atoms with Crippen molar-refractivity contribution in [3.63, 3.8) is 0 Å². The second-order valence-electron chi connectivity index (χ2n) is 5.65. The lowest BCUT2D eigenvalue weighted by atomic mass is 10.0. The van der Waals surface area contributed by atoms with E-state index in [0.717, 1.165) is 12.8 Å². The minimum absolute atomic E-state index is 0.0270. The molecule has 0 fully saturated rings. The zero-order valence-electron chi connectivity index (χ0n) is 14.3. The molecule has 0 heterocycles. The maximum absolute atomic E-state index is 13.6. The van der Waals surface area contributed by atoms with Gasteiger partial charge >= 0.3 is 0 Å². The van der Waals surface area contributed by atoms with Crippen molar-refractivity contribution in [3.05, 3.63) is 35.6 Å². The highest BCUT2D eigenvalue weighted by Crippen LogP contribution is 2.08. The summed E-state index contributed by atoms with van der Waals surface area (Å²) in [6.07, 6.45) is 2.09. The third kappa shape index (κ3) is 6.38. The Kier molecular flexibility index (Phi) is 8.30. The standard InChI is InChI=1S/C18H27FN2O2/c1-4-15(5-2)18(23)20-11-13-21(14(3)22)12-10-16-8-6-7-9-17(16)19/h6-9,15H,4-5,10-13H2,1-3H3,(H,20,23). The number of carbonyl (C=O) groups is 2. The van der Waals surface area contributed by atoms with E-state index in [1.54, 1.807) is 23.1 Å². The second kappa shape index (κ2) is 9.98. The van der Waals surface area contributed by atoms with E-state index in [0.29, 0.717) is 31.6 Å². The highest BCUT2D eigenvalue weighted by molar-refractivity contribution is 5.78. The van der Waals surface area contributed by atoms with E-state index >= 15 is 0 Å². The summed E-state index contributed by atoms with van der Waals surface area (Å²) in [7, 11) is 0. The molecule has 0 saturated heterocycles. The van der Waals surface area contributed by atoms with Crippen LogP contribution < -0.4 is 5.32 Å². The molecular formula is C18H27FN2O2. The molecule has 0 unspecified atom stereocenters. The van der Waals surface area contributed by atoms with Crippen molar-refractivity contribution in [2.45, 2.75) is 40.0 Å². The van der Waals surface area contributed by atoms with Crippen LogP contribution in [0.3, 0.4) is 0 Å². The number of hydrogen-bond donors (Lipinski definition) is 1. The van der Waals surface area contributed by atoms with Gasteiger partial charge < -0.3 is 10.2 Å². The van der Waals surface area contributed by atoms with Gasteiger partial charge in [-0.25, -0.2) is 4.39 Å². The fraction of sp³-hybridized carbons (Fsp3) is 0.556. The van der Waals surface area contributed by atoms with Crippen molar-refractivity contribution in [1.29, 1.82) is 0 Å². The van der Waals surface area contributed by atoms with Gasteiger partial charge in [0.05, 0.1) is 0 Å². The Morgan fingerprint density at radius 3 is 2.39 bits per heavy atom. The summed E-state index contributed by atoms with van der Waals surface area (Å²) >= 11 is 0. The highest BCUT2D eigenvalue weighted by atomic mass is 19.1. The lowest BCUT2D eigenvalue weighted by Gasteiger charge is -2.22. The largest absolute Gasteiger partial charge is 0.354 e. The molecule has 0 radical (unpaired) electrons. The lowest BCUT2D eigenvalue weighted by molar-refractivity contribution is -0.130. The van der Waals surface area contributed by atoms with E-state index in [1.807, 2.05) is 13.8 Å². The van der Waals surface area contributed by atoms with Gasteiger partial charge in [0, 0.05) is 32.5 Å². The highest BCUT2D eigenvalue weighted by Gasteiger charge is 2.15. The first-order chi connectivity index (χ1) is 11.0. The Bertz CT molecular complexity index is 515. The molecule has 1 aromatic rings. The number of nitrogens with zero attached hydrogens (tertiary/aromatic N) is 1. The molecule has 0 bridgehead atoms. The van der Waals surface area contributed by atoms with Crippen LogP contribution in [0.15, 0.2) is 24.3 Å². The maximum Gasteiger partial charge on any atom is 0.223 e. The van der Waals surface area contributed by atoms with Crippen LogP contribution in [0.25, 0.3) is 0 Å².